The molecule has 2 aromatic rings. The second-order valence-electron chi connectivity index (χ2n) is 5.65. The van der Waals surface area contributed by atoms with Gasteiger partial charge in [-0.1, -0.05) is 0 Å². The molecule has 1 atom stereocenters. The van der Waals surface area contributed by atoms with Gasteiger partial charge < -0.3 is 4.90 Å². The van der Waals surface area contributed by atoms with Crippen molar-refractivity contribution in [3.8, 4) is 10.7 Å². The molecule has 3 rings (SSSR count). The van der Waals surface area contributed by atoms with Gasteiger partial charge in [-0.25, -0.2) is 15.0 Å². The van der Waals surface area contributed by atoms with Crippen LogP contribution < -0.4 is 0 Å². The van der Waals surface area contributed by atoms with E-state index in [-0.39, 0.29) is 0 Å². The van der Waals surface area contributed by atoms with Crippen molar-refractivity contribution < 1.29 is 0 Å². The van der Waals surface area contributed by atoms with Crippen LogP contribution in [0.4, 0.5) is 0 Å². The van der Waals surface area contributed by atoms with Crippen molar-refractivity contribution in [3.05, 3.63) is 28.7 Å². The van der Waals surface area contributed by atoms with E-state index in [2.05, 4.69) is 27.3 Å². The first kappa shape index (κ1) is 13.6. The summed E-state index contributed by atoms with van der Waals surface area (Å²) in [7, 11) is 2.17. The van der Waals surface area contributed by atoms with Gasteiger partial charge in [0.15, 0.2) is 0 Å². The maximum Gasteiger partial charge on any atom is 0.142 e. The fourth-order valence-corrected chi connectivity index (χ4v) is 3.49. The second-order valence-corrected chi connectivity index (χ2v) is 6.51. The average Bonchev–Trinajstić information content (AvgIpc) is 2.85. The maximum absolute atomic E-state index is 4.79. The van der Waals surface area contributed by atoms with Crippen molar-refractivity contribution in [2.75, 3.05) is 20.1 Å². The molecule has 0 bridgehead atoms. The summed E-state index contributed by atoms with van der Waals surface area (Å²) in [4.78, 5) is 16.4. The molecule has 1 saturated heterocycles. The summed E-state index contributed by atoms with van der Waals surface area (Å²) >= 11 is 1.66. The normalized spacial score (nSPS) is 20.2. The Kier molecular flexibility index (Phi) is 3.81. The van der Waals surface area contributed by atoms with Crippen LogP contribution >= 0.6 is 11.3 Å². The Bertz CT molecular complexity index is 608. The second kappa shape index (κ2) is 5.58. The minimum Gasteiger partial charge on any atom is -0.306 e. The van der Waals surface area contributed by atoms with Gasteiger partial charge in [-0.3, -0.25) is 0 Å². The van der Waals surface area contributed by atoms with E-state index in [0.717, 1.165) is 34.5 Å². The van der Waals surface area contributed by atoms with Gasteiger partial charge in [0, 0.05) is 29.2 Å². The highest BCUT2D eigenvalue weighted by Gasteiger charge is 2.22. The van der Waals surface area contributed by atoms with E-state index >= 15 is 0 Å². The Morgan fingerprint density at radius 1 is 1.20 bits per heavy atom. The molecule has 0 amide bonds. The number of likely N-dealkylation sites (N-methyl/N-ethyl adjacent to an activating group) is 1. The molecule has 1 aliphatic rings. The molecule has 2 aromatic heterocycles. The molecule has 3 heterocycles. The van der Waals surface area contributed by atoms with Crippen LogP contribution in [0.3, 0.4) is 0 Å². The zero-order chi connectivity index (χ0) is 14.1. The van der Waals surface area contributed by atoms with Crippen molar-refractivity contribution >= 4 is 11.3 Å². The van der Waals surface area contributed by atoms with E-state index in [1.165, 1.54) is 19.4 Å². The molecule has 5 heteroatoms. The molecule has 106 valence electrons. The van der Waals surface area contributed by atoms with Crippen LogP contribution in [-0.2, 0) is 0 Å². The van der Waals surface area contributed by atoms with Crippen molar-refractivity contribution in [1.82, 2.24) is 19.9 Å². The van der Waals surface area contributed by atoms with E-state index in [1.807, 2.05) is 19.9 Å². The average molecular weight is 288 g/mol. The fraction of sp³-hybridized carbons (Fsp3) is 0.533. The Hall–Kier alpha value is -1.33. The first-order chi connectivity index (χ1) is 9.61. The standard InChI is InChI=1S/C15H20N4S/c1-10-7-13(15-17-11(2)9-20-15)18-14(16-10)12-5-4-6-19(3)8-12/h7,9,12H,4-6,8H2,1-3H3. The molecule has 0 saturated carbocycles. The monoisotopic (exact) mass is 288 g/mol. The molecule has 0 N–H and O–H groups in total. The van der Waals surface area contributed by atoms with Crippen molar-refractivity contribution in [2.45, 2.75) is 32.6 Å². The first-order valence-electron chi connectivity index (χ1n) is 7.08. The quantitative estimate of drug-likeness (QED) is 0.852. The van der Waals surface area contributed by atoms with Crippen molar-refractivity contribution in [3.63, 3.8) is 0 Å². The highest BCUT2D eigenvalue weighted by molar-refractivity contribution is 7.13. The SMILES string of the molecule is Cc1cc(-c2nc(C)cs2)nc(C2CCCN(C)C2)n1. The van der Waals surface area contributed by atoms with Gasteiger partial charge in [0.05, 0.1) is 0 Å². The number of aromatic nitrogens is 3. The van der Waals surface area contributed by atoms with Crippen LogP contribution in [-0.4, -0.2) is 40.0 Å². The minimum atomic E-state index is 0.452. The maximum atomic E-state index is 4.79. The van der Waals surface area contributed by atoms with Crippen LogP contribution in [0, 0.1) is 13.8 Å². The number of hydrogen-bond donors (Lipinski definition) is 0. The highest BCUT2D eigenvalue weighted by Crippen LogP contribution is 2.27. The minimum absolute atomic E-state index is 0.452. The Morgan fingerprint density at radius 2 is 2.05 bits per heavy atom. The molecular weight excluding hydrogens is 268 g/mol. The summed E-state index contributed by atoms with van der Waals surface area (Å²) in [5.74, 6) is 1.44. The summed E-state index contributed by atoms with van der Waals surface area (Å²) < 4.78 is 0. The zero-order valence-electron chi connectivity index (χ0n) is 12.3. The summed E-state index contributed by atoms with van der Waals surface area (Å²) in [5.41, 5.74) is 3.06. The molecule has 1 aliphatic heterocycles. The number of hydrogen-bond acceptors (Lipinski definition) is 5. The molecular formula is C15H20N4S. The molecule has 1 fully saturated rings. The number of likely N-dealkylation sites (tertiary alicyclic amines) is 1. The lowest BCUT2D eigenvalue weighted by molar-refractivity contribution is 0.246. The largest absolute Gasteiger partial charge is 0.306 e. The van der Waals surface area contributed by atoms with Gasteiger partial charge in [-0.05, 0) is 46.3 Å². The van der Waals surface area contributed by atoms with E-state index in [1.54, 1.807) is 11.3 Å². The number of nitrogens with zero attached hydrogens (tertiary/aromatic N) is 4. The molecule has 1 unspecified atom stereocenters. The third-order valence-electron chi connectivity index (χ3n) is 3.70. The van der Waals surface area contributed by atoms with Crippen LogP contribution in [0.15, 0.2) is 11.4 Å². The summed E-state index contributed by atoms with van der Waals surface area (Å²) in [5, 5.41) is 3.07. The summed E-state index contributed by atoms with van der Waals surface area (Å²) in [6.07, 6.45) is 2.41. The topological polar surface area (TPSA) is 41.9 Å². The van der Waals surface area contributed by atoms with Gasteiger partial charge >= 0.3 is 0 Å². The number of thiazole rings is 1. The Labute approximate surface area is 123 Å². The highest BCUT2D eigenvalue weighted by atomic mass is 32.1. The predicted molar refractivity (Wildman–Crippen MR) is 82.1 cm³/mol. The first-order valence-corrected chi connectivity index (χ1v) is 7.96. The lowest BCUT2D eigenvalue weighted by atomic mass is 9.97. The van der Waals surface area contributed by atoms with Gasteiger partial charge in [0.1, 0.15) is 16.5 Å². The van der Waals surface area contributed by atoms with Crippen LogP contribution in [0.25, 0.3) is 10.7 Å². The zero-order valence-corrected chi connectivity index (χ0v) is 13.1. The van der Waals surface area contributed by atoms with Crippen molar-refractivity contribution in [1.29, 1.82) is 0 Å². The smallest absolute Gasteiger partial charge is 0.142 e. The van der Waals surface area contributed by atoms with Gasteiger partial charge in [-0.2, -0.15) is 0 Å². The molecule has 0 aromatic carbocycles. The fourth-order valence-electron chi connectivity index (χ4n) is 2.73. The van der Waals surface area contributed by atoms with Gasteiger partial charge in [0.25, 0.3) is 0 Å². The van der Waals surface area contributed by atoms with Crippen LogP contribution in [0.2, 0.25) is 0 Å². The Balaban J connectivity index is 1.94. The van der Waals surface area contributed by atoms with Gasteiger partial charge in [0.2, 0.25) is 0 Å². The van der Waals surface area contributed by atoms with E-state index in [0.29, 0.717) is 5.92 Å². The lowest BCUT2D eigenvalue weighted by Gasteiger charge is -2.28. The number of aryl methyl sites for hydroxylation is 2. The third-order valence-corrected chi connectivity index (χ3v) is 4.68. The molecule has 0 radical (unpaired) electrons. The van der Waals surface area contributed by atoms with Crippen molar-refractivity contribution in [2.24, 2.45) is 0 Å². The molecule has 0 aliphatic carbocycles. The summed E-state index contributed by atoms with van der Waals surface area (Å²) in [6.45, 7) is 6.30. The van der Waals surface area contributed by atoms with Crippen LogP contribution in [0.1, 0.15) is 36.0 Å². The molecule has 0 spiro atoms. The van der Waals surface area contributed by atoms with E-state index in [4.69, 9.17) is 4.98 Å². The predicted octanol–water partition coefficient (Wildman–Crippen LogP) is 3.03. The molecule has 4 nitrogen and oxygen atoms in total. The third kappa shape index (κ3) is 2.88. The van der Waals surface area contributed by atoms with E-state index < -0.39 is 0 Å². The molecule has 20 heavy (non-hydrogen) atoms. The summed E-state index contributed by atoms with van der Waals surface area (Å²) in [6, 6.07) is 2.04. The van der Waals surface area contributed by atoms with E-state index in [9.17, 15) is 0 Å². The number of piperidine rings is 1. The van der Waals surface area contributed by atoms with Crippen LogP contribution in [0.5, 0.6) is 0 Å². The Morgan fingerprint density at radius 3 is 2.75 bits per heavy atom. The lowest BCUT2D eigenvalue weighted by Crippen LogP contribution is -2.31. The van der Waals surface area contributed by atoms with Gasteiger partial charge in [-0.15, -0.1) is 11.3 Å². The number of rotatable bonds is 2.